The number of hydrogen-bond donors (Lipinski definition) is 2. The van der Waals surface area contributed by atoms with Gasteiger partial charge >= 0.3 is 6.09 Å². The molecule has 2 fully saturated rings. The highest BCUT2D eigenvalue weighted by Crippen LogP contribution is 2.41. The van der Waals surface area contributed by atoms with E-state index in [1.165, 1.54) is 12.1 Å². The van der Waals surface area contributed by atoms with E-state index < -0.39 is 46.4 Å². The number of aromatic amines is 1. The van der Waals surface area contributed by atoms with Crippen LogP contribution in [0.4, 0.5) is 18.0 Å². The summed E-state index contributed by atoms with van der Waals surface area (Å²) in [4.78, 5) is 30.9. The van der Waals surface area contributed by atoms with Gasteiger partial charge in [0.25, 0.3) is 5.91 Å². The normalized spacial score (nSPS) is 24.6. The second kappa shape index (κ2) is 10.2. The summed E-state index contributed by atoms with van der Waals surface area (Å²) in [6.07, 6.45) is 2.46. The number of H-pyrrole nitrogens is 1. The van der Waals surface area contributed by atoms with Crippen molar-refractivity contribution in [3.8, 4) is 6.07 Å². The number of rotatable bonds is 6. The first kappa shape index (κ1) is 26.5. The molecule has 1 aliphatic carbocycles. The lowest BCUT2D eigenvalue weighted by molar-refractivity contribution is -0.137. The third-order valence-electron chi connectivity index (χ3n) is 7.92. The molecule has 3 aromatic rings. The fourth-order valence-corrected chi connectivity index (χ4v) is 5.70. The standard InChI is InChI=1S/C29H27F3N4O3/c1-28(25-7-4-14-34-25,26(37)36-24(16-39-27(36)38)18-8-9-22(31)23(32)15-18)35-19-10-12-29(17-33,13-11-19)20-5-2-3-6-21(20)30/h2-9,14-15,19,24,34-35H,10-13,16H2,1H3. The highest BCUT2D eigenvalue weighted by Gasteiger charge is 2.50. The largest absolute Gasteiger partial charge is 0.446 e. The number of nitriles is 1. The van der Waals surface area contributed by atoms with Gasteiger partial charge in [0.05, 0.1) is 11.5 Å². The predicted octanol–water partition coefficient (Wildman–Crippen LogP) is 5.36. The zero-order valence-electron chi connectivity index (χ0n) is 21.2. The average molecular weight is 537 g/mol. The molecule has 1 aliphatic heterocycles. The number of halogens is 3. The molecular formula is C29H27F3N4O3. The molecule has 39 heavy (non-hydrogen) atoms. The Balaban J connectivity index is 1.41. The maximum atomic E-state index is 14.6. The molecule has 5 rings (SSSR count). The molecule has 1 aromatic heterocycles. The van der Waals surface area contributed by atoms with Crippen molar-refractivity contribution in [2.45, 2.75) is 55.6 Å². The number of nitrogens with one attached hydrogen (secondary N) is 2. The van der Waals surface area contributed by atoms with Gasteiger partial charge in [-0.1, -0.05) is 24.3 Å². The van der Waals surface area contributed by atoms with Gasteiger partial charge in [-0.25, -0.2) is 22.9 Å². The zero-order valence-corrected chi connectivity index (χ0v) is 21.2. The highest BCUT2D eigenvalue weighted by atomic mass is 19.2. The second-order valence-electron chi connectivity index (χ2n) is 10.2. The van der Waals surface area contributed by atoms with Crippen molar-refractivity contribution in [3.63, 3.8) is 0 Å². The average Bonchev–Trinajstić information content (AvgIpc) is 3.61. The minimum atomic E-state index is -1.43. The number of carbonyl (C=O) groups is 2. The lowest BCUT2D eigenvalue weighted by Crippen LogP contribution is -2.58. The van der Waals surface area contributed by atoms with Crippen LogP contribution in [0.3, 0.4) is 0 Å². The molecule has 2 aliphatic rings. The van der Waals surface area contributed by atoms with Crippen molar-refractivity contribution in [3.05, 3.63) is 95.1 Å². The summed E-state index contributed by atoms with van der Waals surface area (Å²) < 4.78 is 47.3. The van der Waals surface area contributed by atoms with Crippen LogP contribution in [-0.2, 0) is 20.5 Å². The van der Waals surface area contributed by atoms with Gasteiger partial charge in [-0.15, -0.1) is 0 Å². The number of hydrogen-bond acceptors (Lipinski definition) is 5. The summed E-state index contributed by atoms with van der Waals surface area (Å²) in [5.41, 5.74) is -1.33. The summed E-state index contributed by atoms with van der Waals surface area (Å²) in [6.45, 7) is 1.44. The molecule has 1 saturated carbocycles. The van der Waals surface area contributed by atoms with E-state index in [2.05, 4.69) is 16.4 Å². The number of cyclic esters (lactones) is 1. The number of nitrogens with zero attached hydrogens (tertiary/aromatic N) is 2. The second-order valence-corrected chi connectivity index (χ2v) is 10.2. The molecule has 2 unspecified atom stereocenters. The van der Waals surface area contributed by atoms with Crippen LogP contribution >= 0.6 is 0 Å². The van der Waals surface area contributed by atoms with Gasteiger partial charge in [0.1, 0.15) is 24.0 Å². The van der Waals surface area contributed by atoms with Gasteiger partial charge in [-0.05, 0) is 68.5 Å². The number of benzene rings is 2. The molecule has 0 bridgehead atoms. The van der Waals surface area contributed by atoms with Crippen molar-refractivity contribution >= 4 is 12.0 Å². The van der Waals surface area contributed by atoms with Crippen LogP contribution < -0.4 is 5.32 Å². The van der Waals surface area contributed by atoms with E-state index in [4.69, 9.17) is 4.74 Å². The molecule has 2 atom stereocenters. The van der Waals surface area contributed by atoms with E-state index in [0.717, 1.165) is 17.0 Å². The third kappa shape index (κ3) is 4.68. The fraction of sp³-hybridized carbons (Fsp3) is 0.345. The lowest BCUT2D eigenvalue weighted by atomic mass is 9.68. The van der Waals surface area contributed by atoms with Crippen LogP contribution in [0.2, 0.25) is 0 Å². The van der Waals surface area contributed by atoms with Gasteiger partial charge in [0.2, 0.25) is 0 Å². The Hall–Kier alpha value is -4.10. The van der Waals surface area contributed by atoms with Gasteiger partial charge in [0.15, 0.2) is 11.6 Å². The quantitative estimate of drug-likeness (QED) is 0.442. The lowest BCUT2D eigenvalue weighted by Gasteiger charge is -2.41. The summed E-state index contributed by atoms with van der Waals surface area (Å²) >= 11 is 0. The molecule has 1 saturated heterocycles. The van der Waals surface area contributed by atoms with E-state index in [1.807, 2.05) is 0 Å². The van der Waals surface area contributed by atoms with E-state index in [1.54, 1.807) is 43.5 Å². The highest BCUT2D eigenvalue weighted by molar-refractivity contribution is 5.99. The van der Waals surface area contributed by atoms with Crippen LogP contribution in [0.25, 0.3) is 0 Å². The Morgan fingerprint density at radius 3 is 2.49 bits per heavy atom. The molecule has 0 spiro atoms. The molecule has 0 radical (unpaired) electrons. The van der Waals surface area contributed by atoms with Crippen molar-refractivity contribution in [1.82, 2.24) is 15.2 Å². The molecule has 2 heterocycles. The molecule has 10 heteroatoms. The molecule has 2 N–H and O–H groups in total. The topological polar surface area (TPSA) is 98.2 Å². The SMILES string of the molecule is CC(NC1CCC(C#N)(c2ccccc2F)CC1)(C(=O)N1C(=O)OCC1c1ccc(F)c(F)c1)c1ccc[nH]1. The first-order valence-corrected chi connectivity index (χ1v) is 12.7. The third-order valence-corrected chi connectivity index (χ3v) is 7.92. The smallest absolute Gasteiger partial charge is 0.417 e. The van der Waals surface area contributed by atoms with E-state index >= 15 is 0 Å². The maximum absolute atomic E-state index is 14.6. The van der Waals surface area contributed by atoms with Gasteiger partial charge in [-0.3, -0.25) is 10.1 Å². The molecule has 202 valence electrons. The summed E-state index contributed by atoms with van der Waals surface area (Å²) in [5, 5.41) is 13.4. The molecule has 7 nitrogen and oxygen atoms in total. The monoisotopic (exact) mass is 536 g/mol. The summed E-state index contributed by atoms with van der Waals surface area (Å²) in [7, 11) is 0. The Morgan fingerprint density at radius 1 is 1.10 bits per heavy atom. The number of amides is 2. The van der Waals surface area contributed by atoms with Crippen LogP contribution in [0.1, 0.15) is 55.5 Å². The van der Waals surface area contributed by atoms with Crippen LogP contribution in [0.15, 0.2) is 60.8 Å². The van der Waals surface area contributed by atoms with Gasteiger partial charge < -0.3 is 9.72 Å². The van der Waals surface area contributed by atoms with E-state index in [9.17, 15) is 28.0 Å². The zero-order chi connectivity index (χ0) is 27.8. The number of imide groups is 1. The van der Waals surface area contributed by atoms with Gasteiger partial charge in [-0.2, -0.15) is 5.26 Å². The minimum Gasteiger partial charge on any atom is -0.446 e. The van der Waals surface area contributed by atoms with Crippen molar-refractivity contribution < 1.29 is 27.5 Å². The van der Waals surface area contributed by atoms with E-state index in [0.29, 0.717) is 36.9 Å². The van der Waals surface area contributed by atoms with Crippen LogP contribution in [-0.4, -0.2) is 34.5 Å². The van der Waals surface area contributed by atoms with Crippen molar-refractivity contribution in [2.75, 3.05) is 6.61 Å². The van der Waals surface area contributed by atoms with Gasteiger partial charge in [0, 0.05) is 23.5 Å². The van der Waals surface area contributed by atoms with E-state index in [-0.39, 0.29) is 18.2 Å². The van der Waals surface area contributed by atoms with Crippen molar-refractivity contribution in [1.29, 1.82) is 5.26 Å². The number of aromatic nitrogens is 1. The van der Waals surface area contributed by atoms with Crippen LogP contribution in [0, 0.1) is 28.8 Å². The first-order chi connectivity index (χ1) is 18.7. The Bertz CT molecular complexity index is 1430. The summed E-state index contributed by atoms with van der Waals surface area (Å²) in [6, 6.07) is 14.0. The molecular weight excluding hydrogens is 509 g/mol. The minimum absolute atomic E-state index is 0.201. The van der Waals surface area contributed by atoms with Crippen molar-refractivity contribution in [2.24, 2.45) is 0 Å². The Kier molecular flexibility index (Phi) is 6.95. The first-order valence-electron chi connectivity index (χ1n) is 12.7. The summed E-state index contributed by atoms with van der Waals surface area (Å²) in [5.74, 6) is -3.19. The number of carbonyl (C=O) groups excluding carboxylic acids is 2. The van der Waals surface area contributed by atoms with Crippen LogP contribution in [0.5, 0.6) is 0 Å². The predicted molar refractivity (Wildman–Crippen MR) is 135 cm³/mol. The molecule has 2 amide bonds. The number of ether oxygens (including phenoxy) is 1. The fourth-order valence-electron chi connectivity index (χ4n) is 5.70. The Morgan fingerprint density at radius 2 is 1.85 bits per heavy atom. The maximum Gasteiger partial charge on any atom is 0.417 e. The molecule has 2 aromatic carbocycles. The Labute approximate surface area is 223 Å².